The van der Waals surface area contributed by atoms with Gasteiger partial charge in [0.05, 0.1) is 5.69 Å². The predicted molar refractivity (Wildman–Crippen MR) is 176 cm³/mol. The first-order valence-corrected chi connectivity index (χ1v) is 14.5. The summed E-state index contributed by atoms with van der Waals surface area (Å²) in [6, 6.07) is 49.9. The highest BCUT2D eigenvalue weighted by Crippen LogP contribution is 2.49. The van der Waals surface area contributed by atoms with Crippen molar-refractivity contribution in [3.8, 4) is 28.0 Å². The third-order valence-electron chi connectivity index (χ3n) is 8.35. The van der Waals surface area contributed by atoms with E-state index in [9.17, 15) is 0 Å². The molecular weight excluding hydrogens is 510 g/mol. The summed E-state index contributed by atoms with van der Waals surface area (Å²) < 4.78 is 6.59. The lowest BCUT2D eigenvalue weighted by Gasteiger charge is -2.28. The molecule has 42 heavy (non-hydrogen) atoms. The SMILES string of the molecule is C1=CC[C@H]2Oc3c(cccc3-c3ccc(N(c4ccccc4)c4cccc(-c5ccccc5)c4)c4ccccc34)C2=C1. The Balaban J connectivity index is 1.31. The fourth-order valence-electron chi connectivity index (χ4n) is 6.40. The number of fused-ring (bicyclic) bond motifs is 4. The van der Waals surface area contributed by atoms with E-state index in [0.29, 0.717) is 0 Å². The largest absolute Gasteiger partial charge is 0.484 e. The van der Waals surface area contributed by atoms with Crippen molar-refractivity contribution in [1.29, 1.82) is 0 Å². The Morgan fingerprint density at radius 2 is 1.24 bits per heavy atom. The van der Waals surface area contributed by atoms with Gasteiger partial charge in [-0.3, -0.25) is 0 Å². The van der Waals surface area contributed by atoms with Crippen LogP contribution in [0, 0.1) is 0 Å². The highest BCUT2D eigenvalue weighted by molar-refractivity contribution is 6.07. The first-order valence-electron chi connectivity index (χ1n) is 14.5. The van der Waals surface area contributed by atoms with Crippen molar-refractivity contribution in [3.63, 3.8) is 0 Å². The van der Waals surface area contributed by atoms with Crippen LogP contribution in [0.3, 0.4) is 0 Å². The van der Waals surface area contributed by atoms with Gasteiger partial charge in [-0.2, -0.15) is 0 Å². The number of ether oxygens (including phenoxy) is 1. The second kappa shape index (κ2) is 10.2. The van der Waals surface area contributed by atoms with E-state index in [1.807, 2.05) is 0 Å². The molecule has 0 amide bonds. The summed E-state index contributed by atoms with van der Waals surface area (Å²) in [6.07, 6.45) is 7.54. The van der Waals surface area contributed by atoms with Crippen LogP contribution in [0.5, 0.6) is 5.75 Å². The van der Waals surface area contributed by atoms with Crippen LogP contribution in [0.2, 0.25) is 0 Å². The molecule has 2 nitrogen and oxygen atoms in total. The van der Waals surface area contributed by atoms with Crippen LogP contribution in [-0.4, -0.2) is 6.10 Å². The number of nitrogens with zero attached hydrogens (tertiary/aromatic N) is 1. The molecule has 0 aromatic heterocycles. The number of hydrogen-bond donors (Lipinski definition) is 0. The third kappa shape index (κ3) is 4.12. The minimum Gasteiger partial charge on any atom is -0.484 e. The first kappa shape index (κ1) is 24.5. The van der Waals surface area contributed by atoms with Crippen LogP contribution in [0.15, 0.2) is 158 Å². The molecule has 6 aromatic carbocycles. The van der Waals surface area contributed by atoms with E-state index in [0.717, 1.165) is 34.8 Å². The summed E-state index contributed by atoms with van der Waals surface area (Å²) in [7, 11) is 0. The van der Waals surface area contributed by atoms with Crippen molar-refractivity contribution in [3.05, 3.63) is 163 Å². The number of hydrogen-bond acceptors (Lipinski definition) is 2. The maximum Gasteiger partial charge on any atom is 0.135 e. The van der Waals surface area contributed by atoms with Gasteiger partial charge in [0.15, 0.2) is 0 Å². The molecule has 2 heteroatoms. The van der Waals surface area contributed by atoms with Gasteiger partial charge in [-0.1, -0.05) is 127 Å². The molecule has 1 aliphatic heterocycles. The van der Waals surface area contributed by atoms with E-state index in [2.05, 4.69) is 163 Å². The molecule has 2 aliphatic rings. The van der Waals surface area contributed by atoms with Crippen LogP contribution >= 0.6 is 0 Å². The van der Waals surface area contributed by atoms with E-state index in [1.54, 1.807) is 0 Å². The van der Waals surface area contributed by atoms with Crippen LogP contribution in [0.25, 0.3) is 38.6 Å². The second-order valence-corrected chi connectivity index (χ2v) is 10.8. The molecule has 0 unspecified atom stereocenters. The minimum absolute atomic E-state index is 0.0992. The molecule has 0 bridgehead atoms. The first-order chi connectivity index (χ1) is 20.8. The number of allylic oxidation sites excluding steroid dienone is 2. The summed E-state index contributed by atoms with van der Waals surface area (Å²) in [4.78, 5) is 2.37. The summed E-state index contributed by atoms with van der Waals surface area (Å²) in [5, 5.41) is 2.40. The van der Waals surface area contributed by atoms with Gasteiger partial charge in [0.1, 0.15) is 11.9 Å². The second-order valence-electron chi connectivity index (χ2n) is 10.8. The van der Waals surface area contributed by atoms with Crippen molar-refractivity contribution in [1.82, 2.24) is 0 Å². The highest BCUT2D eigenvalue weighted by Gasteiger charge is 2.31. The molecule has 0 radical (unpaired) electrons. The fraction of sp³-hybridized carbons (Fsp3) is 0.0500. The molecule has 1 aliphatic carbocycles. The number of para-hydroxylation sites is 2. The Bertz CT molecular complexity index is 1990. The summed E-state index contributed by atoms with van der Waals surface area (Å²) in [6.45, 7) is 0. The Morgan fingerprint density at radius 1 is 0.548 bits per heavy atom. The average Bonchev–Trinajstić information content (AvgIpc) is 3.45. The van der Waals surface area contributed by atoms with Gasteiger partial charge in [-0.25, -0.2) is 0 Å². The third-order valence-corrected chi connectivity index (χ3v) is 8.35. The van der Waals surface area contributed by atoms with Gasteiger partial charge in [-0.05, 0) is 52.4 Å². The quantitative estimate of drug-likeness (QED) is 0.216. The molecule has 0 spiro atoms. The average molecular weight is 540 g/mol. The monoisotopic (exact) mass is 539 g/mol. The summed E-state index contributed by atoms with van der Waals surface area (Å²) in [5.74, 6) is 0.992. The van der Waals surface area contributed by atoms with Crippen molar-refractivity contribution < 1.29 is 4.74 Å². The molecule has 1 atom stereocenters. The summed E-state index contributed by atoms with van der Waals surface area (Å²) >= 11 is 0. The van der Waals surface area contributed by atoms with E-state index in [-0.39, 0.29) is 6.10 Å². The molecule has 0 saturated heterocycles. The summed E-state index contributed by atoms with van der Waals surface area (Å²) in [5.41, 5.74) is 10.6. The Labute approximate surface area is 246 Å². The van der Waals surface area contributed by atoms with Gasteiger partial charge < -0.3 is 9.64 Å². The Hall–Kier alpha value is -5.34. The number of benzene rings is 6. The van der Waals surface area contributed by atoms with Crippen LogP contribution < -0.4 is 9.64 Å². The van der Waals surface area contributed by atoms with Crippen molar-refractivity contribution >= 4 is 33.4 Å². The van der Waals surface area contributed by atoms with E-state index >= 15 is 0 Å². The lowest BCUT2D eigenvalue weighted by Crippen LogP contribution is -2.12. The molecule has 200 valence electrons. The van der Waals surface area contributed by atoms with Crippen molar-refractivity contribution in [2.45, 2.75) is 12.5 Å². The van der Waals surface area contributed by atoms with Gasteiger partial charge in [-0.15, -0.1) is 0 Å². The van der Waals surface area contributed by atoms with Gasteiger partial charge in [0, 0.05) is 39.9 Å². The van der Waals surface area contributed by atoms with Crippen LogP contribution in [0.1, 0.15) is 12.0 Å². The number of anilines is 3. The molecule has 0 fully saturated rings. The zero-order valence-corrected chi connectivity index (χ0v) is 23.2. The molecule has 6 aromatic rings. The molecular formula is C40H29NO. The Morgan fingerprint density at radius 3 is 2.10 bits per heavy atom. The maximum atomic E-state index is 6.59. The normalized spacial score (nSPS) is 15.0. The van der Waals surface area contributed by atoms with E-state index < -0.39 is 0 Å². The van der Waals surface area contributed by atoms with Crippen molar-refractivity contribution in [2.75, 3.05) is 4.90 Å². The zero-order valence-electron chi connectivity index (χ0n) is 23.2. The highest BCUT2D eigenvalue weighted by atomic mass is 16.5. The lowest BCUT2D eigenvalue weighted by atomic mass is 9.92. The standard InChI is InChI=1S/C40H29NO/c1-3-13-28(14-4-1)29-15-11-18-31(27-29)41(30-16-5-2-6-17-30)38-26-25-33(32-19-7-8-20-34(32)38)36-22-12-23-37-35-21-9-10-24-39(35)42-40(36)37/h1-23,25-27,39H,24H2/t39-/m1/s1. The zero-order chi connectivity index (χ0) is 27.9. The van der Waals surface area contributed by atoms with E-state index in [4.69, 9.17) is 4.74 Å². The van der Waals surface area contributed by atoms with E-state index in [1.165, 1.54) is 38.6 Å². The minimum atomic E-state index is 0.0992. The van der Waals surface area contributed by atoms with Crippen LogP contribution in [0.4, 0.5) is 17.1 Å². The van der Waals surface area contributed by atoms with Crippen LogP contribution in [-0.2, 0) is 0 Å². The maximum absolute atomic E-state index is 6.59. The van der Waals surface area contributed by atoms with Gasteiger partial charge in [0.2, 0.25) is 0 Å². The topological polar surface area (TPSA) is 12.5 Å². The van der Waals surface area contributed by atoms with Gasteiger partial charge in [0.25, 0.3) is 0 Å². The predicted octanol–water partition coefficient (Wildman–Crippen LogP) is 10.7. The Kier molecular flexibility index (Phi) is 5.97. The fourth-order valence-corrected chi connectivity index (χ4v) is 6.40. The lowest BCUT2D eigenvalue weighted by molar-refractivity contribution is 0.280. The molecule has 0 N–H and O–H groups in total. The van der Waals surface area contributed by atoms with Crippen molar-refractivity contribution in [2.24, 2.45) is 0 Å². The molecule has 0 saturated carbocycles. The smallest absolute Gasteiger partial charge is 0.135 e. The van der Waals surface area contributed by atoms with Gasteiger partial charge >= 0.3 is 0 Å². The molecule has 8 rings (SSSR count). The number of rotatable bonds is 5. The molecule has 1 heterocycles.